The van der Waals surface area contributed by atoms with Gasteiger partial charge in [0.2, 0.25) is 0 Å². The van der Waals surface area contributed by atoms with Gasteiger partial charge in [-0.25, -0.2) is 4.79 Å². The number of rotatable bonds is 1. The fraction of sp³-hybridized carbons (Fsp3) is 0.444. The molecule has 2 rings (SSSR count). The van der Waals surface area contributed by atoms with E-state index in [0.717, 1.165) is 0 Å². The number of ether oxygens (including phenoxy) is 1. The lowest BCUT2D eigenvalue weighted by molar-refractivity contribution is 0.0857. The molecule has 0 amide bonds. The Kier molecular flexibility index (Phi) is 2.45. The van der Waals surface area contributed by atoms with Gasteiger partial charge < -0.3 is 9.84 Å². The topological polar surface area (TPSA) is 84.3 Å². The molecule has 2 atom stereocenters. The molecule has 1 fully saturated rings. The first-order valence-corrected chi connectivity index (χ1v) is 4.57. The fourth-order valence-electron chi connectivity index (χ4n) is 1.48. The minimum absolute atomic E-state index is 0.311. The molecular weight excluding hydrogens is 200 g/mol. The van der Waals surface area contributed by atoms with E-state index >= 15 is 0 Å². The Morgan fingerprint density at radius 3 is 2.93 bits per heavy atom. The summed E-state index contributed by atoms with van der Waals surface area (Å²) in [6.07, 6.45) is 0.528. The Labute approximate surface area is 85.1 Å². The smallest absolute Gasteiger partial charge is 0.330 e. The molecule has 2 N–H and O–H groups in total. The number of H-pyrrole nitrogens is 1. The maximum Gasteiger partial charge on any atom is 0.330 e. The van der Waals surface area contributed by atoms with Crippen LogP contribution in [0.15, 0.2) is 15.8 Å². The van der Waals surface area contributed by atoms with E-state index in [-0.39, 0.29) is 0 Å². The largest absolute Gasteiger partial charge is 0.390 e. The number of hydrogen-bond acceptors (Lipinski definition) is 4. The number of hydrogen-bond donors (Lipinski definition) is 2. The van der Waals surface area contributed by atoms with E-state index in [1.165, 1.54) is 17.4 Å². The lowest BCUT2D eigenvalue weighted by atomic mass is 10.3. The van der Waals surface area contributed by atoms with Crippen LogP contribution in [-0.4, -0.2) is 20.8 Å². The van der Waals surface area contributed by atoms with Crippen molar-refractivity contribution in [1.29, 1.82) is 0 Å². The van der Waals surface area contributed by atoms with E-state index in [1.54, 1.807) is 6.92 Å². The molecule has 81 valence electrons. The number of aromatic amines is 1. The van der Waals surface area contributed by atoms with Crippen molar-refractivity contribution in [3.63, 3.8) is 0 Å². The SMILES string of the molecule is Cc1cn([C@H]2C[C@H](O)[CH]O2)c(=O)[nH]c1=O. The average molecular weight is 211 g/mol. The first-order valence-electron chi connectivity index (χ1n) is 4.57. The molecule has 1 saturated heterocycles. The maximum atomic E-state index is 11.4. The van der Waals surface area contributed by atoms with E-state index in [9.17, 15) is 14.7 Å². The molecule has 6 heteroatoms. The zero-order chi connectivity index (χ0) is 11.0. The van der Waals surface area contributed by atoms with E-state index < -0.39 is 23.6 Å². The van der Waals surface area contributed by atoms with Gasteiger partial charge in [0.05, 0.1) is 6.10 Å². The van der Waals surface area contributed by atoms with Crippen LogP contribution in [0.3, 0.4) is 0 Å². The molecule has 15 heavy (non-hydrogen) atoms. The molecule has 0 saturated carbocycles. The van der Waals surface area contributed by atoms with Crippen LogP contribution in [0.4, 0.5) is 0 Å². The van der Waals surface area contributed by atoms with Crippen molar-refractivity contribution in [2.24, 2.45) is 0 Å². The molecule has 0 spiro atoms. The summed E-state index contributed by atoms with van der Waals surface area (Å²) in [7, 11) is 0. The standard InChI is InChI=1S/C9H11N2O4/c1-5-3-11(9(14)10-8(5)13)7-2-6(12)4-15-7/h3-4,6-7,12H,2H2,1H3,(H,10,13,14)/t6-,7+/m0/s1. The zero-order valence-electron chi connectivity index (χ0n) is 8.14. The van der Waals surface area contributed by atoms with Crippen LogP contribution in [0, 0.1) is 13.5 Å². The van der Waals surface area contributed by atoms with Gasteiger partial charge >= 0.3 is 5.69 Å². The highest BCUT2D eigenvalue weighted by atomic mass is 16.5. The lowest BCUT2D eigenvalue weighted by Gasteiger charge is -2.12. The Balaban J connectivity index is 2.41. The number of aryl methyl sites for hydroxylation is 1. The monoisotopic (exact) mass is 211 g/mol. The summed E-state index contributed by atoms with van der Waals surface area (Å²) in [5.74, 6) is 0. The van der Waals surface area contributed by atoms with Gasteiger partial charge in [-0.15, -0.1) is 0 Å². The third-order valence-corrected chi connectivity index (χ3v) is 2.29. The first kappa shape index (κ1) is 10.1. The molecular formula is C9H11N2O4. The molecule has 1 radical (unpaired) electrons. The normalized spacial score (nSPS) is 25.7. The van der Waals surface area contributed by atoms with Gasteiger partial charge in [0.1, 0.15) is 12.8 Å². The van der Waals surface area contributed by atoms with Crippen molar-refractivity contribution < 1.29 is 9.84 Å². The van der Waals surface area contributed by atoms with Gasteiger partial charge in [0.25, 0.3) is 5.56 Å². The quantitative estimate of drug-likeness (QED) is 0.642. The molecule has 1 aliphatic heterocycles. The third kappa shape index (κ3) is 1.86. The van der Waals surface area contributed by atoms with Crippen molar-refractivity contribution in [1.82, 2.24) is 9.55 Å². The number of nitrogens with one attached hydrogen (secondary N) is 1. The van der Waals surface area contributed by atoms with Gasteiger partial charge in [0.15, 0.2) is 0 Å². The van der Waals surface area contributed by atoms with Crippen molar-refractivity contribution >= 4 is 0 Å². The van der Waals surface area contributed by atoms with Gasteiger partial charge in [-0.2, -0.15) is 0 Å². The highest BCUT2D eigenvalue weighted by molar-refractivity contribution is 5.01. The Bertz CT molecular complexity index is 476. The predicted molar refractivity (Wildman–Crippen MR) is 51.1 cm³/mol. The summed E-state index contributed by atoms with van der Waals surface area (Å²) in [6.45, 7) is 2.88. The molecule has 1 aromatic heterocycles. The zero-order valence-corrected chi connectivity index (χ0v) is 8.14. The predicted octanol–water partition coefficient (Wildman–Crippen LogP) is -0.713. The average Bonchev–Trinajstić information content (AvgIpc) is 2.58. The summed E-state index contributed by atoms with van der Waals surface area (Å²) < 4.78 is 6.36. The third-order valence-electron chi connectivity index (χ3n) is 2.29. The van der Waals surface area contributed by atoms with Gasteiger partial charge in [-0.1, -0.05) is 0 Å². The van der Waals surface area contributed by atoms with Crippen molar-refractivity contribution in [3.05, 3.63) is 39.2 Å². The van der Waals surface area contributed by atoms with E-state index in [4.69, 9.17) is 4.74 Å². The highest BCUT2D eigenvalue weighted by Gasteiger charge is 2.26. The molecule has 0 aromatic carbocycles. The van der Waals surface area contributed by atoms with Crippen LogP contribution in [0.1, 0.15) is 18.2 Å². The molecule has 0 bridgehead atoms. The Morgan fingerprint density at radius 2 is 2.33 bits per heavy atom. The summed E-state index contributed by atoms with van der Waals surface area (Å²) in [4.78, 5) is 24.7. The van der Waals surface area contributed by atoms with E-state index in [1.807, 2.05) is 0 Å². The van der Waals surface area contributed by atoms with Crippen LogP contribution >= 0.6 is 0 Å². The molecule has 6 nitrogen and oxygen atoms in total. The summed E-state index contributed by atoms with van der Waals surface area (Å²) >= 11 is 0. The fourth-order valence-corrected chi connectivity index (χ4v) is 1.48. The van der Waals surface area contributed by atoms with Crippen molar-refractivity contribution in [2.75, 3.05) is 0 Å². The number of aliphatic hydroxyl groups excluding tert-OH is 1. The lowest BCUT2D eigenvalue weighted by Crippen LogP contribution is -2.33. The number of aromatic nitrogens is 2. The Morgan fingerprint density at radius 1 is 1.60 bits per heavy atom. The second-order valence-corrected chi connectivity index (χ2v) is 3.51. The van der Waals surface area contributed by atoms with Crippen LogP contribution < -0.4 is 11.2 Å². The van der Waals surface area contributed by atoms with Crippen molar-refractivity contribution in [2.45, 2.75) is 25.7 Å². The van der Waals surface area contributed by atoms with Gasteiger partial charge in [0, 0.05) is 18.2 Å². The molecule has 1 aromatic rings. The summed E-state index contributed by atoms with van der Waals surface area (Å²) in [5, 5.41) is 9.21. The van der Waals surface area contributed by atoms with E-state index in [0.29, 0.717) is 12.0 Å². The van der Waals surface area contributed by atoms with Gasteiger partial charge in [-0.3, -0.25) is 14.3 Å². The van der Waals surface area contributed by atoms with Crippen LogP contribution in [0.2, 0.25) is 0 Å². The minimum Gasteiger partial charge on any atom is -0.390 e. The number of nitrogens with zero attached hydrogens (tertiary/aromatic N) is 1. The summed E-state index contributed by atoms with van der Waals surface area (Å²) in [6, 6.07) is 0. The molecule has 0 aliphatic carbocycles. The summed E-state index contributed by atoms with van der Waals surface area (Å²) in [5.41, 5.74) is -0.503. The van der Waals surface area contributed by atoms with Gasteiger partial charge in [-0.05, 0) is 6.92 Å². The molecule has 1 aliphatic rings. The van der Waals surface area contributed by atoms with Crippen molar-refractivity contribution in [3.8, 4) is 0 Å². The van der Waals surface area contributed by atoms with Crippen LogP contribution in [0.5, 0.6) is 0 Å². The highest BCUT2D eigenvalue weighted by Crippen LogP contribution is 2.24. The first-order chi connectivity index (χ1) is 7.08. The molecule has 0 unspecified atom stereocenters. The Hall–Kier alpha value is -1.40. The maximum absolute atomic E-state index is 11.4. The van der Waals surface area contributed by atoms with Crippen LogP contribution in [0.25, 0.3) is 0 Å². The minimum atomic E-state index is -0.672. The number of aliphatic hydroxyl groups is 1. The molecule has 2 heterocycles. The second-order valence-electron chi connectivity index (χ2n) is 3.51. The van der Waals surface area contributed by atoms with Crippen LogP contribution in [-0.2, 0) is 4.74 Å². The van der Waals surface area contributed by atoms with E-state index in [2.05, 4.69) is 4.98 Å². The second kappa shape index (κ2) is 3.63.